The molecular formula is C14H31O4PS. The molecule has 0 heterocycles. The third kappa shape index (κ3) is 16.4. The van der Waals surface area contributed by atoms with E-state index in [1.54, 1.807) is 0 Å². The summed E-state index contributed by atoms with van der Waals surface area (Å²) in [5.74, 6) is 0. The van der Waals surface area contributed by atoms with Crippen LogP contribution in [-0.2, 0) is 14.6 Å². The van der Waals surface area contributed by atoms with E-state index in [9.17, 15) is 13.0 Å². The van der Waals surface area contributed by atoms with Crippen molar-refractivity contribution in [3.63, 3.8) is 0 Å². The van der Waals surface area contributed by atoms with E-state index in [0.717, 1.165) is 12.6 Å². The van der Waals surface area contributed by atoms with E-state index >= 15 is 0 Å². The molecule has 0 aliphatic heterocycles. The highest BCUT2D eigenvalue weighted by molar-refractivity contribution is 7.81. The molecule has 4 nitrogen and oxygen atoms in total. The van der Waals surface area contributed by atoms with Crippen LogP contribution in [0.2, 0.25) is 0 Å². The SMILES string of the molecule is CCCCCCCCCCCC[PH+](C)COS(=O)(=O)[O-]. The first-order chi connectivity index (χ1) is 9.45. The van der Waals surface area contributed by atoms with Crippen LogP contribution >= 0.6 is 7.92 Å². The zero-order valence-corrected chi connectivity index (χ0v) is 14.8. The Morgan fingerprint density at radius 1 is 0.900 bits per heavy atom. The summed E-state index contributed by atoms with van der Waals surface area (Å²) in [6.07, 6.45) is 14.2. The Kier molecular flexibility index (Phi) is 13.2. The van der Waals surface area contributed by atoms with Crippen molar-refractivity contribution in [1.82, 2.24) is 0 Å². The molecule has 0 aliphatic carbocycles. The molecule has 20 heavy (non-hydrogen) atoms. The molecule has 0 N–H and O–H groups in total. The lowest BCUT2D eigenvalue weighted by molar-refractivity contribution is 0.301. The Balaban J connectivity index is 3.23. The lowest BCUT2D eigenvalue weighted by atomic mass is 10.1. The predicted octanol–water partition coefficient (Wildman–Crippen LogP) is 4.19. The molecule has 0 bridgehead atoms. The van der Waals surface area contributed by atoms with E-state index < -0.39 is 18.3 Å². The Hall–Kier alpha value is 0.300. The van der Waals surface area contributed by atoms with Gasteiger partial charge in [0.25, 0.3) is 0 Å². The van der Waals surface area contributed by atoms with Gasteiger partial charge in [-0.2, -0.15) is 0 Å². The Morgan fingerprint density at radius 3 is 1.80 bits per heavy atom. The van der Waals surface area contributed by atoms with Crippen LogP contribution in [0.3, 0.4) is 0 Å². The number of hydrogen-bond acceptors (Lipinski definition) is 4. The highest BCUT2D eigenvalue weighted by atomic mass is 32.3. The van der Waals surface area contributed by atoms with E-state index in [-0.39, 0.29) is 6.35 Å². The summed E-state index contributed by atoms with van der Waals surface area (Å²) in [6.45, 7) is 4.25. The topological polar surface area (TPSA) is 66.4 Å². The van der Waals surface area contributed by atoms with E-state index in [1.165, 1.54) is 57.8 Å². The first-order valence-electron chi connectivity index (χ1n) is 7.87. The number of rotatable bonds is 14. The monoisotopic (exact) mass is 326 g/mol. The standard InChI is InChI=1S/C14H31O4PS/c1-3-4-5-6-7-8-9-10-11-12-13-19(2)14-18-20(15,16)17/h3-14H2,1-2H3,(H,15,16,17). The zero-order chi connectivity index (χ0) is 15.3. The van der Waals surface area contributed by atoms with Gasteiger partial charge in [0.1, 0.15) is 0 Å². The molecule has 0 radical (unpaired) electrons. The van der Waals surface area contributed by atoms with Crippen molar-refractivity contribution in [2.75, 3.05) is 19.2 Å². The molecule has 0 saturated heterocycles. The second kappa shape index (κ2) is 13.0. The van der Waals surface area contributed by atoms with E-state index in [0.29, 0.717) is 0 Å². The minimum Gasteiger partial charge on any atom is -0.725 e. The molecule has 0 aromatic carbocycles. The summed E-state index contributed by atoms with van der Waals surface area (Å²) in [4.78, 5) is 0. The second-order valence-electron chi connectivity index (χ2n) is 5.56. The van der Waals surface area contributed by atoms with Crippen molar-refractivity contribution >= 4 is 18.3 Å². The number of unbranched alkanes of at least 4 members (excludes halogenated alkanes) is 9. The Labute approximate surface area is 126 Å². The molecule has 1 unspecified atom stereocenters. The van der Waals surface area contributed by atoms with Gasteiger partial charge in [0.05, 0.1) is 6.16 Å². The Morgan fingerprint density at radius 2 is 1.35 bits per heavy atom. The first-order valence-corrected chi connectivity index (χ1v) is 11.6. The minimum atomic E-state index is -4.50. The van der Waals surface area contributed by atoms with Crippen LogP contribution in [0.5, 0.6) is 0 Å². The molecular weight excluding hydrogens is 295 g/mol. The summed E-state index contributed by atoms with van der Waals surface area (Å²) < 4.78 is 35.2. The first kappa shape index (κ1) is 20.3. The summed E-state index contributed by atoms with van der Waals surface area (Å²) in [5, 5.41) is 0. The molecule has 0 saturated carbocycles. The van der Waals surface area contributed by atoms with Crippen LogP contribution in [0.4, 0.5) is 0 Å². The van der Waals surface area contributed by atoms with Crippen LogP contribution in [0, 0.1) is 0 Å². The summed E-state index contributed by atoms with van der Waals surface area (Å²) >= 11 is 0. The number of hydrogen-bond donors (Lipinski definition) is 0. The van der Waals surface area contributed by atoms with Crippen molar-refractivity contribution in [3.8, 4) is 0 Å². The van der Waals surface area contributed by atoms with Crippen molar-refractivity contribution in [2.24, 2.45) is 0 Å². The molecule has 0 rings (SSSR count). The third-order valence-electron chi connectivity index (χ3n) is 3.41. The predicted molar refractivity (Wildman–Crippen MR) is 86.6 cm³/mol. The van der Waals surface area contributed by atoms with E-state index in [1.807, 2.05) is 6.66 Å². The third-order valence-corrected chi connectivity index (χ3v) is 5.87. The van der Waals surface area contributed by atoms with Gasteiger partial charge in [0, 0.05) is 14.6 Å². The van der Waals surface area contributed by atoms with Crippen LogP contribution in [0.15, 0.2) is 0 Å². The van der Waals surface area contributed by atoms with Crippen molar-refractivity contribution in [2.45, 2.75) is 71.1 Å². The van der Waals surface area contributed by atoms with Gasteiger partial charge in [-0.1, -0.05) is 58.3 Å². The fourth-order valence-corrected chi connectivity index (χ4v) is 4.54. The minimum absolute atomic E-state index is 0.119. The van der Waals surface area contributed by atoms with Crippen molar-refractivity contribution in [3.05, 3.63) is 0 Å². The van der Waals surface area contributed by atoms with Gasteiger partial charge in [0.2, 0.25) is 10.4 Å². The maximum atomic E-state index is 10.3. The molecule has 0 aliphatic rings. The maximum Gasteiger partial charge on any atom is 0.220 e. The van der Waals surface area contributed by atoms with E-state index in [4.69, 9.17) is 0 Å². The van der Waals surface area contributed by atoms with Crippen molar-refractivity contribution in [1.29, 1.82) is 0 Å². The molecule has 0 aromatic rings. The molecule has 0 amide bonds. The molecule has 0 fully saturated rings. The molecule has 122 valence electrons. The normalized spacial score (nSPS) is 13.6. The second-order valence-corrected chi connectivity index (χ2v) is 9.31. The van der Waals surface area contributed by atoms with Gasteiger partial charge in [-0.05, 0) is 12.8 Å². The average molecular weight is 326 g/mol. The smallest absolute Gasteiger partial charge is 0.220 e. The van der Waals surface area contributed by atoms with Gasteiger partial charge < -0.3 is 4.55 Å². The highest BCUT2D eigenvalue weighted by Gasteiger charge is 2.10. The molecule has 0 aromatic heterocycles. The van der Waals surface area contributed by atoms with Crippen LogP contribution in [-0.4, -0.2) is 32.1 Å². The van der Waals surface area contributed by atoms with Gasteiger partial charge in [0.15, 0.2) is 6.35 Å². The highest BCUT2D eigenvalue weighted by Crippen LogP contribution is 2.32. The summed E-state index contributed by atoms with van der Waals surface area (Å²) in [6, 6.07) is 0. The molecule has 1 atom stereocenters. The maximum absolute atomic E-state index is 10.3. The van der Waals surface area contributed by atoms with Crippen molar-refractivity contribution < 1.29 is 17.2 Å². The Bertz CT molecular complexity index is 306. The van der Waals surface area contributed by atoms with E-state index in [2.05, 4.69) is 11.1 Å². The largest absolute Gasteiger partial charge is 0.725 e. The fourth-order valence-electron chi connectivity index (χ4n) is 2.16. The summed E-state index contributed by atoms with van der Waals surface area (Å²) in [5.41, 5.74) is 0. The van der Waals surface area contributed by atoms with Gasteiger partial charge >= 0.3 is 0 Å². The quantitative estimate of drug-likeness (QED) is 0.208. The lowest BCUT2D eigenvalue weighted by Crippen LogP contribution is -2.05. The van der Waals surface area contributed by atoms with Gasteiger partial charge in [-0.25, -0.2) is 12.6 Å². The average Bonchev–Trinajstić information content (AvgIpc) is 2.38. The molecule has 0 spiro atoms. The van der Waals surface area contributed by atoms with Crippen LogP contribution in [0.25, 0.3) is 0 Å². The zero-order valence-electron chi connectivity index (χ0n) is 13.0. The van der Waals surface area contributed by atoms with Gasteiger partial charge in [-0.15, -0.1) is 0 Å². The fraction of sp³-hybridized carbons (Fsp3) is 1.00. The van der Waals surface area contributed by atoms with Crippen LogP contribution < -0.4 is 0 Å². The lowest BCUT2D eigenvalue weighted by Gasteiger charge is -2.08. The van der Waals surface area contributed by atoms with Gasteiger partial charge in [-0.3, -0.25) is 0 Å². The molecule has 6 heteroatoms. The van der Waals surface area contributed by atoms with Crippen LogP contribution in [0.1, 0.15) is 71.1 Å². The summed E-state index contributed by atoms with van der Waals surface area (Å²) in [7, 11) is -5.33.